The Hall–Kier alpha value is -1.63. The molecule has 0 saturated heterocycles. The zero-order chi connectivity index (χ0) is 15.6. The van der Waals surface area contributed by atoms with E-state index in [9.17, 15) is 14.9 Å². The van der Waals surface area contributed by atoms with Crippen molar-refractivity contribution in [1.29, 1.82) is 0 Å². The third-order valence-electron chi connectivity index (χ3n) is 2.53. The number of hydrogen-bond acceptors (Lipinski definition) is 3. The molecule has 0 aliphatic rings. The maximum atomic E-state index is 12.2. The molecular weight excluding hydrogens is 383 g/mol. The number of nitrogens with one attached hydrogen (secondary N) is 1. The molecule has 2 aromatic carbocycles. The standard InChI is InChI=1S/C13H7BrCl2N2O3/c14-12-2-1-10(18(20)21)6-11(12)13(19)17-9-4-7(15)3-8(16)5-9/h1-6H,(H,17,19). The van der Waals surface area contributed by atoms with Crippen LogP contribution in [0.5, 0.6) is 0 Å². The Labute approximate surface area is 138 Å². The van der Waals surface area contributed by atoms with Crippen LogP contribution >= 0.6 is 39.1 Å². The minimum Gasteiger partial charge on any atom is -0.322 e. The van der Waals surface area contributed by atoms with Gasteiger partial charge in [0.05, 0.1) is 10.5 Å². The van der Waals surface area contributed by atoms with Crippen LogP contribution in [0.1, 0.15) is 10.4 Å². The minimum absolute atomic E-state index is 0.139. The Kier molecular flexibility index (Phi) is 4.82. The maximum absolute atomic E-state index is 12.2. The number of amides is 1. The summed E-state index contributed by atoms with van der Waals surface area (Å²) in [6.45, 7) is 0. The molecule has 0 saturated carbocycles. The fourth-order valence-corrected chi connectivity index (χ4v) is 2.58. The largest absolute Gasteiger partial charge is 0.322 e. The van der Waals surface area contributed by atoms with E-state index < -0.39 is 10.8 Å². The van der Waals surface area contributed by atoms with Crippen molar-refractivity contribution in [3.05, 3.63) is 66.6 Å². The number of carbonyl (C=O) groups is 1. The van der Waals surface area contributed by atoms with Crippen LogP contribution in [0.4, 0.5) is 11.4 Å². The second-order valence-electron chi connectivity index (χ2n) is 4.03. The van der Waals surface area contributed by atoms with E-state index in [1.165, 1.54) is 36.4 Å². The van der Waals surface area contributed by atoms with Crippen molar-refractivity contribution in [2.75, 3.05) is 5.32 Å². The highest BCUT2D eigenvalue weighted by Crippen LogP contribution is 2.26. The molecule has 2 aromatic rings. The van der Waals surface area contributed by atoms with E-state index in [0.29, 0.717) is 20.2 Å². The van der Waals surface area contributed by atoms with Gasteiger partial charge in [-0.2, -0.15) is 0 Å². The average Bonchev–Trinajstić information content (AvgIpc) is 2.37. The van der Waals surface area contributed by atoms with Crippen LogP contribution in [-0.2, 0) is 0 Å². The molecule has 108 valence electrons. The molecule has 0 unspecified atom stereocenters. The van der Waals surface area contributed by atoms with Crippen LogP contribution in [-0.4, -0.2) is 10.8 Å². The fourth-order valence-electron chi connectivity index (χ4n) is 1.63. The van der Waals surface area contributed by atoms with Crippen molar-refractivity contribution in [2.45, 2.75) is 0 Å². The molecule has 0 fully saturated rings. The number of carbonyl (C=O) groups excluding carboxylic acids is 1. The van der Waals surface area contributed by atoms with E-state index >= 15 is 0 Å². The average molecular weight is 390 g/mol. The lowest BCUT2D eigenvalue weighted by Gasteiger charge is -2.08. The molecule has 0 heterocycles. The summed E-state index contributed by atoms with van der Waals surface area (Å²) < 4.78 is 0.443. The minimum atomic E-state index is -0.570. The first-order chi connectivity index (χ1) is 9.86. The molecule has 1 amide bonds. The number of anilines is 1. The lowest BCUT2D eigenvalue weighted by molar-refractivity contribution is -0.384. The van der Waals surface area contributed by atoms with Crippen molar-refractivity contribution in [3.8, 4) is 0 Å². The summed E-state index contributed by atoms with van der Waals surface area (Å²) >= 11 is 14.9. The lowest BCUT2D eigenvalue weighted by Crippen LogP contribution is -2.13. The SMILES string of the molecule is O=C(Nc1cc(Cl)cc(Cl)c1)c1cc([N+](=O)[O-])ccc1Br. The first-order valence-electron chi connectivity index (χ1n) is 5.58. The van der Waals surface area contributed by atoms with Gasteiger partial charge in [0.15, 0.2) is 0 Å². The highest BCUT2D eigenvalue weighted by atomic mass is 79.9. The fraction of sp³-hybridized carbons (Fsp3) is 0. The molecule has 5 nitrogen and oxygen atoms in total. The van der Waals surface area contributed by atoms with E-state index in [1.807, 2.05) is 0 Å². The zero-order valence-corrected chi connectivity index (χ0v) is 13.4. The van der Waals surface area contributed by atoms with Gasteiger partial charge >= 0.3 is 0 Å². The van der Waals surface area contributed by atoms with Gasteiger partial charge in [0.1, 0.15) is 0 Å². The van der Waals surface area contributed by atoms with Crippen LogP contribution in [0.3, 0.4) is 0 Å². The van der Waals surface area contributed by atoms with E-state index in [-0.39, 0.29) is 11.3 Å². The first-order valence-corrected chi connectivity index (χ1v) is 7.13. The van der Waals surface area contributed by atoms with Gasteiger partial charge in [-0.1, -0.05) is 23.2 Å². The molecule has 2 rings (SSSR count). The zero-order valence-electron chi connectivity index (χ0n) is 10.3. The molecule has 0 atom stereocenters. The Balaban J connectivity index is 2.31. The molecule has 21 heavy (non-hydrogen) atoms. The summed E-state index contributed by atoms with van der Waals surface area (Å²) in [6.07, 6.45) is 0. The number of nitro benzene ring substituents is 1. The highest BCUT2D eigenvalue weighted by Gasteiger charge is 2.16. The van der Waals surface area contributed by atoms with Crippen LogP contribution in [0.25, 0.3) is 0 Å². The van der Waals surface area contributed by atoms with Gasteiger partial charge in [0.2, 0.25) is 0 Å². The lowest BCUT2D eigenvalue weighted by atomic mass is 10.2. The number of benzene rings is 2. The summed E-state index contributed by atoms with van der Waals surface area (Å²) in [6, 6.07) is 8.51. The van der Waals surface area contributed by atoms with Gasteiger partial charge in [-0.05, 0) is 40.2 Å². The molecule has 0 spiro atoms. The predicted octanol–water partition coefficient (Wildman–Crippen LogP) is 4.92. The maximum Gasteiger partial charge on any atom is 0.270 e. The van der Waals surface area contributed by atoms with Gasteiger partial charge in [-0.3, -0.25) is 14.9 Å². The number of hydrogen-bond donors (Lipinski definition) is 1. The molecule has 0 bridgehead atoms. The summed E-state index contributed by atoms with van der Waals surface area (Å²) in [4.78, 5) is 22.4. The van der Waals surface area contributed by atoms with Gasteiger partial charge < -0.3 is 5.32 Å². The summed E-state index contributed by atoms with van der Waals surface area (Å²) in [7, 11) is 0. The second-order valence-corrected chi connectivity index (χ2v) is 5.76. The molecule has 0 radical (unpaired) electrons. The Morgan fingerprint density at radius 3 is 2.33 bits per heavy atom. The van der Waals surface area contributed by atoms with E-state index in [0.717, 1.165) is 0 Å². The summed E-state index contributed by atoms with van der Waals surface area (Å²) in [5.74, 6) is -0.510. The van der Waals surface area contributed by atoms with Crippen molar-refractivity contribution < 1.29 is 9.72 Å². The van der Waals surface area contributed by atoms with Gasteiger partial charge in [0.25, 0.3) is 11.6 Å². The normalized spacial score (nSPS) is 10.2. The van der Waals surface area contributed by atoms with E-state index in [4.69, 9.17) is 23.2 Å². The number of non-ortho nitro benzene ring substituents is 1. The van der Waals surface area contributed by atoms with Crippen molar-refractivity contribution in [1.82, 2.24) is 0 Å². The van der Waals surface area contributed by atoms with Crippen LogP contribution < -0.4 is 5.32 Å². The molecule has 1 N–H and O–H groups in total. The summed E-state index contributed by atoms with van der Waals surface area (Å²) in [5.41, 5.74) is 0.365. The smallest absolute Gasteiger partial charge is 0.270 e. The van der Waals surface area contributed by atoms with Crippen LogP contribution in [0.15, 0.2) is 40.9 Å². The number of nitrogens with zero attached hydrogens (tertiary/aromatic N) is 1. The Bertz CT molecular complexity index is 717. The Morgan fingerprint density at radius 2 is 1.76 bits per heavy atom. The van der Waals surface area contributed by atoms with E-state index in [1.54, 1.807) is 0 Å². The van der Waals surface area contributed by atoms with Gasteiger partial charge in [-0.15, -0.1) is 0 Å². The topological polar surface area (TPSA) is 72.2 Å². The monoisotopic (exact) mass is 388 g/mol. The Morgan fingerprint density at radius 1 is 1.14 bits per heavy atom. The van der Waals surface area contributed by atoms with Crippen molar-refractivity contribution >= 4 is 56.4 Å². The van der Waals surface area contributed by atoms with Crippen LogP contribution in [0.2, 0.25) is 10.0 Å². The number of rotatable bonds is 3. The van der Waals surface area contributed by atoms with Gasteiger partial charge in [-0.25, -0.2) is 0 Å². The van der Waals surface area contributed by atoms with Gasteiger partial charge in [0, 0.05) is 32.3 Å². The molecule has 8 heteroatoms. The quantitative estimate of drug-likeness (QED) is 0.598. The summed E-state index contributed by atoms with van der Waals surface area (Å²) in [5, 5.41) is 14.1. The third kappa shape index (κ3) is 3.93. The molecule has 0 aromatic heterocycles. The van der Waals surface area contributed by atoms with Crippen LogP contribution in [0, 0.1) is 10.1 Å². The highest BCUT2D eigenvalue weighted by molar-refractivity contribution is 9.10. The number of halogens is 3. The second kappa shape index (κ2) is 6.43. The number of nitro groups is 1. The molecular formula is C13H7BrCl2N2O3. The van der Waals surface area contributed by atoms with Crippen molar-refractivity contribution in [3.63, 3.8) is 0 Å². The van der Waals surface area contributed by atoms with Crippen molar-refractivity contribution in [2.24, 2.45) is 0 Å². The predicted molar refractivity (Wildman–Crippen MR) is 85.2 cm³/mol. The third-order valence-corrected chi connectivity index (χ3v) is 3.65. The van der Waals surface area contributed by atoms with E-state index in [2.05, 4.69) is 21.2 Å². The molecule has 0 aliphatic heterocycles. The first kappa shape index (κ1) is 15.8. The molecule has 0 aliphatic carbocycles.